The second-order valence-electron chi connectivity index (χ2n) is 5.64. The molecule has 0 radical (unpaired) electrons. The first kappa shape index (κ1) is 16.7. The van der Waals surface area contributed by atoms with Crippen molar-refractivity contribution in [1.29, 1.82) is 0 Å². The third-order valence-corrected chi connectivity index (χ3v) is 4.00. The summed E-state index contributed by atoms with van der Waals surface area (Å²) in [6.45, 7) is -0.606. The predicted octanol–water partition coefficient (Wildman–Crippen LogP) is -0.367. The number of rotatable bonds is 4. The highest BCUT2D eigenvalue weighted by Gasteiger charge is 2.29. The Bertz CT molecular complexity index is 860. The fourth-order valence-electron chi connectivity index (χ4n) is 2.70. The summed E-state index contributed by atoms with van der Waals surface area (Å²) >= 11 is 0. The minimum atomic E-state index is -1.43. The summed E-state index contributed by atoms with van der Waals surface area (Å²) in [5.74, 6) is -2.27. The van der Waals surface area contributed by atoms with Crippen LogP contribution >= 0.6 is 0 Å². The Morgan fingerprint density at radius 3 is 2.76 bits per heavy atom. The van der Waals surface area contributed by atoms with Gasteiger partial charge in [0.25, 0.3) is 11.8 Å². The molecule has 25 heavy (non-hydrogen) atoms. The molecule has 2 amide bonds. The van der Waals surface area contributed by atoms with Gasteiger partial charge in [-0.05, 0) is 12.1 Å². The van der Waals surface area contributed by atoms with E-state index in [1.165, 1.54) is 11.2 Å². The highest BCUT2D eigenvalue weighted by atomic mass is 16.4. The van der Waals surface area contributed by atoms with E-state index in [1.54, 1.807) is 35.9 Å². The number of aromatic nitrogens is 2. The van der Waals surface area contributed by atoms with E-state index in [0.717, 1.165) is 0 Å². The van der Waals surface area contributed by atoms with Crippen LogP contribution in [0.2, 0.25) is 0 Å². The molecule has 9 nitrogen and oxygen atoms in total. The third-order valence-electron chi connectivity index (χ3n) is 4.00. The van der Waals surface area contributed by atoms with E-state index in [4.69, 9.17) is 10.2 Å². The van der Waals surface area contributed by atoms with E-state index in [1.807, 2.05) is 0 Å². The maximum Gasteiger partial charge on any atom is 0.328 e. The van der Waals surface area contributed by atoms with Gasteiger partial charge in [-0.25, -0.2) is 9.78 Å². The number of aliphatic hydroxyl groups excluding tert-OH is 1. The van der Waals surface area contributed by atoms with Gasteiger partial charge in [0.2, 0.25) is 0 Å². The molecule has 130 valence electrons. The number of fused-ring (bicyclic) bond motifs is 3. The number of carboxylic acid groups (broad SMARTS) is 1. The van der Waals surface area contributed by atoms with Gasteiger partial charge >= 0.3 is 5.97 Å². The number of hydrogen-bond acceptors (Lipinski definition) is 5. The number of nitrogens with zero attached hydrogens (tertiary/aromatic N) is 3. The Kier molecular flexibility index (Phi) is 4.24. The van der Waals surface area contributed by atoms with Crippen molar-refractivity contribution in [2.24, 2.45) is 0 Å². The number of imidazole rings is 1. The van der Waals surface area contributed by atoms with Crippen molar-refractivity contribution < 1.29 is 24.6 Å². The second kappa shape index (κ2) is 6.36. The predicted molar refractivity (Wildman–Crippen MR) is 85.3 cm³/mol. The van der Waals surface area contributed by atoms with Crippen LogP contribution in [0.3, 0.4) is 0 Å². The summed E-state index contributed by atoms with van der Waals surface area (Å²) in [5, 5.41) is 20.2. The van der Waals surface area contributed by atoms with E-state index in [-0.39, 0.29) is 18.1 Å². The lowest BCUT2D eigenvalue weighted by Crippen LogP contribution is -2.43. The highest BCUT2D eigenvalue weighted by molar-refractivity contribution is 6.00. The number of amides is 2. The standard InChI is InChI=1S/C16H16N4O5/c1-19-6-12-13(14(22)18-10(7-21)16(24)25)17-8-20(12)11-5-3-2-4-9(11)15(19)23/h2-5,8,10,21H,6-7H2,1H3,(H,18,22)(H,24,25)/t10-/m0/s1. The van der Waals surface area contributed by atoms with Gasteiger partial charge in [0.1, 0.15) is 6.33 Å². The molecular weight excluding hydrogens is 328 g/mol. The van der Waals surface area contributed by atoms with Crippen LogP contribution in [-0.4, -0.2) is 62.1 Å². The van der Waals surface area contributed by atoms with Gasteiger partial charge in [0, 0.05) is 7.05 Å². The van der Waals surface area contributed by atoms with Gasteiger partial charge in [-0.15, -0.1) is 0 Å². The Balaban J connectivity index is 2.03. The number of aliphatic carboxylic acids is 1. The van der Waals surface area contributed by atoms with Crippen LogP contribution in [0.25, 0.3) is 5.69 Å². The number of para-hydroxylation sites is 1. The van der Waals surface area contributed by atoms with Crippen molar-refractivity contribution in [3.05, 3.63) is 47.5 Å². The number of carbonyl (C=O) groups is 3. The quantitative estimate of drug-likeness (QED) is 0.695. The molecule has 2 heterocycles. The van der Waals surface area contributed by atoms with Crippen LogP contribution in [0.15, 0.2) is 30.6 Å². The van der Waals surface area contributed by atoms with Gasteiger partial charge in [0.05, 0.1) is 30.1 Å². The lowest BCUT2D eigenvalue weighted by Gasteiger charge is -2.15. The molecule has 1 aliphatic heterocycles. The summed E-state index contributed by atoms with van der Waals surface area (Å²) in [6.07, 6.45) is 1.42. The summed E-state index contributed by atoms with van der Waals surface area (Å²) in [4.78, 5) is 41.4. The second-order valence-corrected chi connectivity index (χ2v) is 5.64. The molecule has 0 aliphatic carbocycles. The first-order valence-corrected chi connectivity index (χ1v) is 7.49. The van der Waals surface area contributed by atoms with Crippen molar-refractivity contribution >= 4 is 17.8 Å². The molecule has 0 saturated heterocycles. The Morgan fingerprint density at radius 1 is 1.36 bits per heavy atom. The summed E-state index contributed by atoms with van der Waals surface area (Å²) in [6, 6.07) is 5.52. The molecular formula is C16H16N4O5. The zero-order valence-electron chi connectivity index (χ0n) is 13.3. The van der Waals surface area contributed by atoms with E-state index >= 15 is 0 Å². The zero-order chi connectivity index (χ0) is 18.1. The molecule has 1 aliphatic rings. The van der Waals surface area contributed by atoms with Crippen LogP contribution in [0, 0.1) is 0 Å². The van der Waals surface area contributed by atoms with Crippen molar-refractivity contribution in [2.45, 2.75) is 12.6 Å². The minimum absolute atomic E-state index is 0.0102. The van der Waals surface area contributed by atoms with Crippen molar-refractivity contribution in [1.82, 2.24) is 19.8 Å². The largest absolute Gasteiger partial charge is 0.480 e. The fraction of sp³-hybridized carbons (Fsp3) is 0.250. The number of aliphatic hydroxyl groups is 1. The first-order chi connectivity index (χ1) is 11.9. The molecule has 1 aromatic heterocycles. The summed E-state index contributed by atoms with van der Waals surface area (Å²) in [7, 11) is 1.61. The minimum Gasteiger partial charge on any atom is -0.480 e. The molecule has 3 rings (SSSR count). The molecule has 2 aromatic rings. The third kappa shape index (κ3) is 2.85. The lowest BCUT2D eigenvalue weighted by atomic mass is 10.1. The number of carboxylic acids is 1. The maximum atomic E-state index is 12.5. The molecule has 0 bridgehead atoms. The molecule has 0 saturated carbocycles. The van der Waals surface area contributed by atoms with Gasteiger partial charge in [-0.3, -0.25) is 14.2 Å². The topological polar surface area (TPSA) is 125 Å². The Hall–Kier alpha value is -3.20. The fourth-order valence-corrected chi connectivity index (χ4v) is 2.70. The van der Waals surface area contributed by atoms with E-state index < -0.39 is 24.5 Å². The molecule has 1 atom stereocenters. The number of hydrogen-bond donors (Lipinski definition) is 3. The smallest absolute Gasteiger partial charge is 0.328 e. The van der Waals surface area contributed by atoms with Crippen LogP contribution in [0.1, 0.15) is 26.5 Å². The average molecular weight is 344 g/mol. The van der Waals surface area contributed by atoms with Crippen LogP contribution in [0.4, 0.5) is 0 Å². The molecule has 0 spiro atoms. The van der Waals surface area contributed by atoms with E-state index in [0.29, 0.717) is 16.9 Å². The van der Waals surface area contributed by atoms with Crippen molar-refractivity contribution in [3.63, 3.8) is 0 Å². The number of nitrogens with one attached hydrogen (secondary N) is 1. The van der Waals surface area contributed by atoms with Gasteiger partial charge in [-0.2, -0.15) is 0 Å². The van der Waals surface area contributed by atoms with Crippen molar-refractivity contribution in [3.8, 4) is 5.69 Å². The zero-order valence-corrected chi connectivity index (χ0v) is 13.3. The van der Waals surface area contributed by atoms with Crippen molar-refractivity contribution in [2.75, 3.05) is 13.7 Å². The lowest BCUT2D eigenvalue weighted by molar-refractivity contribution is -0.140. The molecule has 0 unspecified atom stereocenters. The average Bonchev–Trinajstić information content (AvgIpc) is 2.97. The molecule has 9 heteroatoms. The van der Waals surface area contributed by atoms with Gasteiger partial charge < -0.3 is 20.4 Å². The normalized spacial score (nSPS) is 14.3. The summed E-state index contributed by atoms with van der Waals surface area (Å²) < 4.78 is 1.64. The molecule has 3 N–H and O–H groups in total. The number of carbonyl (C=O) groups excluding carboxylic acids is 2. The summed E-state index contributed by atoms with van der Waals surface area (Å²) in [5.41, 5.74) is 1.54. The Morgan fingerprint density at radius 2 is 2.08 bits per heavy atom. The first-order valence-electron chi connectivity index (χ1n) is 7.49. The number of benzene rings is 1. The maximum absolute atomic E-state index is 12.5. The highest BCUT2D eigenvalue weighted by Crippen LogP contribution is 2.25. The molecule has 0 fully saturated rings. The van der Waals surface area contributed by atoms with Crippen LogP contribution < -0.4 is 5.32 Å². The van der Waals surface area contributed by atoms with E-state index in [9.17, 15) is 14.4 Å². The monoisotopic (exact) mass is 344 g/mol. The SMILES string of the molecule is CN1Cc2c(C(=O)N[C@@H](CO)C(=O)O)ncn2-c2ccccc2C1=O. The van der Waals surface area contributed by atoms with Gasteiger partial charge in [-0.1, -0.05) is 12.1 Å². The van der Waals surface area contributed by atoms with Crippen LogP contribution in [-0.2, 0) is 11.3 Å². The van der Waals surface area contributed by atoms with Crippen LogP contribution in [0.5, 0.6) is 0 Å². The van der Waals surface area contributed by atoms with Gasteiger partial charge in [0.15, 0.2) is 11.7 Å². The van der Waals surface area contributed by atoms with E-state index in [2.05, 4.69) is 10.3 Å². The molecule has 1 aromatic carbocycles. The Labute approximate surface area is 142 Å².